The summed E-state index contributed by atoms with van der Waals surface area (Å²) < 4.78 is 0. The Morgan fingerprint density at radius 3 is 2.25 bits per heavy atom. The van der Waals surface area contributed by atoms with Crippen molar-refractivity contribution >= 4 is 0 Å². The lowest BCUT2D eigenvalue weighted by Gasteiger charge is -2.29. The van der Waals surface area contributed by atoms with E-state index in [1.165, 1.54) is 38.5 Å². The molecule has 0 spiro atoms. The van der Waals surface area contributed by atoms with Gasteiger partial charge in [0.15, 0.2) is 0 Å². The van der Waals surface area contributed by atoms with Gasteiger partial charge in [0.25, 0.3) is 0 Å². The molecular weight excluding hydrogens is 246 g/mol. The van der Waals surface area contributed by atoms with E-state index < -0.39 is 6.10 Å². The Kier molecular flexibility index (Phi) is 8.56. The van der Waals surface area contributed by atoms with Crippen LogP contribution in [0.3, 0.4) is 0 Å². The topological polar surface area (TPSA) is 23.5 Å². The highest BCUT2D eigenvalue weighted by molar-refractivity contribution is 5.18. The third kappa shape index (κ3) is 6.06. The maximum absolute atomic E-state index is 10.4. The fourth-order valence-corrected chi connectivity index (χ4v) is 2.51. The highest BCUT2D eigenvalue weighted by Crippen LogP contribution is 2.20. The molecule has 0 aliphatic rings. The Morgan fingerprint density at radius 1 is 1.00 bits per heavy atom. The zero-order chi connectivity index (χ0) is 14.8. The number of aliphatic hydroxyl groups is 1. The first-order chi connectivity index (χ1) is 9.66. The predicted octanol–water partition coefficient (Wildman–Crippen LogP) is 4.40. The van der Waals surface area contributed by atoms with Crippen molar-refractivity contribution in [3.8, 4) is 0 Å². The van der Waals surface area contributed by atoms with Gasteiger partial charge in [0, 0.05) is 6.04 Å². The van der Waals surface area contributed by atoms with Crippen LogP contribution in [0.5, 0.6) is 0 Å². The van der Waals surface area contributed by atoms with Crippen molar-refractivity contribution in [3.63, 3.8) is 0 Å². The van der Waals surface area contributed by atoms with Crippen LogP contribution in [-0.2, 0) is 0 Å². The van der Waals surface area contributed by atoms with E-state index in [2.05, 4.69) is 25.8 Å². The van der Waals surface area contributed by atoms with Crippen molar-refractivity contribution in [2.75, 3.05) is 13.6 Å². The average molecular weight is 277 g/mol. The fourth-order valence-electron chi connectivity index (χ4n) is 2.51. The zero-order valence-corrected chi connectivity index (χ0v) is 13.4. The molecule has 20 heavy (non-hydrogen) atoms. The van der Waals surface area contributed by atoms with Crippen molar-refractivity contribution in [1.82, 2.24) is 4.90 Å². The summed E-state index contributed by atoms with van der Waals surface area (Å²) in [5.41, 5.74) is 1.01. The molecule has 2 atom stereocenters. The Hall–Kier alpha value is -0.860. The minimum atomic E-state index is -0.402. The standard InChI is InChI=1S/C18H31NO/c1-4-5-6-7-8-12-15-19(3)16(2)18(20)17-13-10-9-11-14-17/h9-11,13-14,16,18,20H,4-8,12,15H2,1-3H3/t16-,18-/m0/s1. The smallest absolute Gasteiger partial charge is 0.0942 e. The number of likely N-dealkylation sites (N-methyl/N-ethyl adjacent to an activating group) is 1. The van der Waals surface area contributed by atoms with Crippen molar-refractivity contribution in [2.24, 2.45) is 0 Å². The van der Waals surface area contributed by atoms with Gasteiger partial charge < -0.3 is 10.0 Å². The molecule has 1 rings (SSSR count). The van der Waals surface area contributed by atoms with Crippen LogP contribution < -0.4 is 0 Å². The average Bonchev–Trinajstić information content (AvgIpc) is 2.50. The van der Waals surface area contributed by atoms with Crippen LogP contribution in [-0.4, -0.2) is 29.6 Å². The highest BCUT2D eigenvalue weighted by atomic mass is 16.3. The second kappa shape index (κ2) is 9.95. The van der Waals surface area contributed by atoms with E-state index in [1.54, 1.807) is 0 Å². The van der Waals surface area contributed by atoms with E-state index in [9.17, 15) is 5.11 Å². The molecule has 1 aromatic carbocycles. The van der Waals surface area contributed by atoms with Crippen LogP contribution in [0.4, 0.5) is 0 Å². The largest absolute Gasteiger partial charge is 0.387 e. The molecule has 0 aromatic heterocycles. The molecule has 0 saturated carbocycles. The summed E-state index contributed by atoms with van der Waals surface area (Å²) in [5.74, 6) is 0. The Morgan fingerprint density at radius 2 is 1.60 bits per heavy atom. The van der Waals surface area contributed by atoms with Gasteiger partial charge in [0.1, 0.15) is 0 Å². The molecule has 2 nitrogen and oxygen atoms in total. The molecule has 0 unspecified atom stereocenters. The van der Waals surface area contributed by atoms with Gasteiger partial charge in [-0.1, -0.05) is 69.4 Å². The van der Waals surface area contributed by atoms with Gasteiger partial charge in [0.05, 0.1) is 6.10 Å². The first-order valence-corrected chi connectivity index (χ1v) is 8.10. The van der Waals surface area contributed by atoms with E-state index in [0.717, 1.165) is 12.1 Å². The van der Waals surface area contributed by atoms with Gasteiger partial charge >= 0.3 is 0 Å². The van der Waals surface area contributed by atoms with E-state index in [4.69, 9.17) is 0 Å². The second-order valence-corrected chi connectivity index (χ2v) is 5.84. The number of unbranched alkanes of at least 4 members (excludes halogenated alkanes) is 5. The van der Waals surface area contributed by atoms with E-state index in [0.29, 0.717) is 0 Å². The Bertz CT molecular complexity index is 339. The molecule has 0 fully saturated rings. The maximum atomic E-state index is 10.4. The van der Waals surface area contributed by atoms with Crippen LogP contribution in [0, 0.1) is 0 Å². The summed E-state index contributed by atoms with van der Waals surface area (Å²) in [4.78, 5) is 2.28. The predicted molar refractivity (Wildman–Crippen MR) is 86.9 cm³/mol. The molecular formula is C18H31NO. The van der Waals surface area contributed by atoms with Gasteiger partial charge in [-0.25, -0.2) is 0 Å². The fraction of sp³-hybridized carbons (Fsp3) is 0.667. The van der Waals surface area contributed by atoms with Crippen LogP contribution >= 0.6 is 0 Å². The first kappa shape index (κ1) is 17.2. The maximum Gasteiger partial charge on any atom is 0.0942 e. The summed E-state index contributed by atoms with van der Waals surface area (Å²) in [7, 11) is 2.11. The van der Waals surface area contributed by atoms with Gasteiger partial charge in [0.2, 0.25) is 0 Å². The Balaban J connectivity index is 2.26. The van der Waals surface area contributed by atoms with E-state index in [-0.39, 0.29) is 6.04 Å². The molecule has 0 saturated heterocycles. The van der Waals surface area contributed by atoms with Crippen molar-refractivity contribution in [2.45, 2.75) is 64.5 Å². The molecule has 0 radical (unpaired) electrons. The van der Waals surface area contributed by atoms with Crippen molar-refractivity contribution in [1.29, 1.82) is 0 Å². The number of hydrogen-bond donors (Lipinski definition) is 1. The van der Waals surface area contributed by atoms with E-state index in [1.807, 2.05) is 30.3 Å². The van der Waals surface area contributed by atoms with Crippen LogP contribution in [0.1, 0.15) is 64.0 Å². The quantitative estimate of drug-likeness (QED) is 0.641. The minimum Gasteiger partial charge on any atom is -0.387 e. The lowest BCUT2D eigenvalue weighted by atomic mass is 10.0. The number of hydrogen-bond acceptors (Lipinski definition) is 2. The molecule has 114 valence electrons. The normalized spacial score (nSPS) is 14.4. The Labute approximate surface area is 124 Å². The van der Waals surface area contributed by atoms with Crippen LogP contribution in [0.25, 0.3) is 0 Å². The third-order valence-electron chi connectivity index (χ3n) is 4.16. The van der Waals surface area contributed by atoms with Crippen molar-refractivity contribution in [3.05, 3.63) is 35.9 Å². The summed E-state index contributed by atoms with van der Waals surface area (Å²) >= 11 is 0. The summed E-state index contributed by atoms with van der Waals surface area (Å²) in [5, 5.41) is 10.4. The molecule has 1 N–H and O–H groups in total. The number of nitrogens with zero attached hydrogens (tertiary/aromatic N) is 1. The highest BCUT2D eigenvalue weighted by Gasteiger charge is 2.19. The SMILES string of the molecule is CCCCCCCCN(C)[C@@H](C)[C@H](O)c1ccccc1. The molecule has 0 bridgehead atoms. The van der Waals surface area contributed by atoms with E-state index >= 15 is 0 Å². The van der Waals surface area contributed by atoms with Gasteiger partial charge in [-0.15, -0.1) is 0 Å². The zero-order valence-electron chi connectivity index (χ0n) is 13.4. The van der Waals surface area contributed by atoms with Gasteiger partial charge in [-0.05, 0) is 32.5 Å². The first-order valence-electron chi connectivity index (χ1n) is 8.10. The monoisotopic (exact) mass is 277 g/mol. The molecule has 0 heterocycles. The number of aliphatic hydroxyl groups excluding tert-OH is 1. The van der Waals surface area contributed by atoms with Crippen molar-refractivity contribution < 1.29 is 5.11 Å². The summed E-state index contributed by atoms with van der Waals surface area (Å²) in [6, 6.07) is 10.1. The molecule has 0 amide bonds. The summed E-state index contributed by atoms with van der Waals surface area (Å²) in [6.45, 7) is 5.42. The second-order valence-electron chi connectivity index (χ2n) is 5.84. The molecule has 0 aliphatic heterocycles. The molecule has 0 aliphatic carbocycles. The third-order valence-corrected chi connectivity index (χ3v) is 4.16. The molecule has 2 heteroatoms. The number of rotatable bonds is 10. The van der Waals surface area contributed by atoms with Crippen LogP contribution in [0.15, 0.2) is 30.3 Å². The van der Waals surface area contributed by atoms with Gasteiger partial charge in [-0.2, -0.15) is 0 Å². The minimum absolute atomic E-state index is 0.160. The summed E-state index contributed by atoms with van der Waals surface area (Å²) in [6.07, 6.45) is 7.50. The number of benzene rings is 1. The van der Waals surface area contributed by atoms with Gasteiger partial charge in [-0.3, -0.25) is 0 Å². The molecule has 1 aromatic rings. The lowest BCUT2D eigenvalue weighted by Crippen LogP contribution is -2.35. The van der Waals surface area contributed by atoms with Crippen LogP contribution in [0.2, 0.25) is 0 Å². The lowest BCUT2D eigenvalue weighted by molar-refractivity contribution is 0.0716.